The van der Waals surface area contributed by atoms with E-state index in [2.05, 4.69) is 0 Å². The molecule has 0 aliphatic carbocycles. The van der Waals surface area contributed by atoms with Gasteiger partial charge in [-0.15, -0.1) is 0 Å². The Morgan fingerprint density at radius 2 is 2.27 bits per heavy atom. The van der Waals surface area contributed by atoms with E-state index in [1.807, 2.05) is 4.90 Å². The summed E-state index contributed by atoms with van der Waals surface area (Å²) in [6.07, 6.45) is 3.22. The highest BCUT2D eigenvalue weighted by Gasteiger charge is 2.39. The monoisotopic (exact) mass is 155 g/mol. The van der Waals surface area contributed by atoms with Crippen molar-refractivity contribution in [3.63, 3.8) is 0 Å². The Kier molecular flexibility index (Phi) is 1.60. The van der Waals surface area contributed by atoms with Gasteiger partial charge >= 0.3 is 0 Å². The van der Waals surface area contributed by atoms with Crippen LogP contribution >= 0.6 is 0 Å². The lowest BCUT2D eigenvalue weighted by molar-refractivity contribution is -0.129. The molecule has 2 saturated heterocycles. The topological polar surface area (TPSA) is 40.5 Å². The lowest BCUT2D eigenvalue weighted by atomic mass is 10.0. The van der Waals surface area contributed by atoms with Gasteiger partial charge in [0.05, 0.1) is 18.6 Å². The van der Waals surface area contributed by atoms with Crippen molar-refractivity contribution in [2.24, 2.45) is 0 Å². The van der Waals surface area contributed by atoms with Crippen molar-refractivity contribution in [3.8, 4) is 0 Å². The zero-order valence-electron chi connectivity index (χ0n) is 6.49. The van der Waals surface area contributed by atoms with Gasteiger partial charge in [0.15, 0.2) is 0 Å². The highest BCUT2D eigenvalue weighted by Crippen LogP contribution is 2.27. The van der Waals surface area contributed by atoms with Crippen LogP contribution in [0, 0.1) is 0 Å². The van der Waals surface area contributed by atoms with Gasteiger partial charge in [0.25, 0.3) is 0 Å². The molecule has 11 heavy (non-hydrogen) atoms. The van der Waals surface area contributed by atoms with Crippen LogP contribution < -0.4 is 0 Å². The molecule has 0 spiro atoms. The maximum absolute atomic E-state index is 11.2. The lowest BCUT2D eigenvalue weighted by Crippen LogP contribution is -2.40. The summed E-state index contributed by atoms with van der Waals surface area (Å²) in [6, 6.07) is 0.149. The molecule has 0 aromatic carbocycles. The molecule has 62 valence electrons. The number of piperidine rings is 1. The zero-order valence-corrected chi connectivity index (χ0v) is 6.49. The standard InChI is InChI=1S/C8H13NO2/c10-7-5-8(11)9-4-2-1-3-6(7)9/h6-7,10H,1-5H2/t6-,7+/m0/s1. The minimum Gasteiger partial charge on any atom is -0.390 e. The Bertz CT molecular complexity index is 181. The average Bonchev–Trinajstić information content (AvgIpc) is 2.30. The number of carbonyl (C=O) groups excluding carboxylic acids is 1. The third-order valence-electron chi connectivity index (χ3n) is 2.70. The molecular weight excluding hydrogens is 142 g/mol. The van der Waals surface area contributed by atoms with E-state index in [0.29, 0.717) is 6.42 Å². The van der Waals surface area contributed by atoms with Gasteiger partial charge in [-0.2, -0.15) is 0 Å². The van der Waals surface area contributed by atoms with Crippen LogP contribution in [0.15, 0.2) is 0 Å². The van der Waals surface area contributed by atoms with Gasteiger partial charge in [0.2, 0.25) is 5.91 Å². The Labute approximate surface area is 66.0 Å². The molecule has 3 heteroatoms. The number of rotatable bonds is 0. The van der Waals surface area contributed by atoms with Gasteiger partial charge in [-0.05, 0) is 19.3 Å². The molecule has 0 saturated carbocycles. The van der Waals surface area contributed by atoms with Crippen molar-refractivity contribution in [2.45, 2.75) is 37.8 Å². The molecule has 0 aromatic heterocycles. The van der Waals surface area contributed by atoms with Crippen molar-refractivity contribution in [2.75, 3.05) is 6.54 Å². The lowest BCUT2D eigenvalue weighted by Gasteiger charge is -2.30. The van der Waals surface area contributed by atoms with Crippen molar-refractivity contribution < 1.29 is 9.90 Å². The van der Waals surface area contributed by atoms with Gasteiger partial charge in [0.1, 0.15) is 0 Å². The molecule has 1 amide bonds. The van der Waals surface area contributed by atoms with Crippen LogP contribution in [0.1, 0.15) is 25.7 Å². The first-order valence-corrected chi connectivity index (χ1v) is 4.26. The van der Waals surface area contributed by atoms with Crippen molar-refractivity contribution in [1.29, 1.82) is 0 Å². The number of fused-ring (bicyclic) bond motifs is 1. The van der Waals surface area contributed by atoms with E-state index >= 15 is 0 Å². The predicted molar refractivity (Wildman–Crippen MR) is 40.0 cm³/mol. The van der Waals surface area contributed by atoms with Crippen LogP contribution in [0.5, 0.6) is 0 Å². The molecule has 3 nitrogen and oxygen atoms in total. The Balaban J connectivity index is 2.13. The van der Waals surface area contributed by atoms with Crippen LogP contribution in [0.4, 0.5) is 0 Å². The summed E-state index contributed by atoms with van der Waals surface area (Å²) in [4.78, 5) is 13.0. The number of aliphatic hydroxyl groups is 1. The second-order valence-electron chi connectivity index (χ2n) is 3.42. The van der Waals surface area contributed by atoms with Gasteiger partial charge in [-0.3, -0.25) is 4.79 Å². The highest BCUT2D eigenvalue weighted by molar-refractivity contribution is 5.79. The van der Waals surface area contributed by atoms with Crippen LogP contribution in [0.25, 0.3) is 0 Å². The molecule has 2 atom stereocenters. The van der Waals surface area contributed by atoms with Crippen molar-refractivity contribution in [3.05, 3.63) is 0 Å². The number of nitrogens with zero attached hydrogens (tertiary/aromatic N) is 1. The van der Waals surface area contributed by atoms with E-state index in [9.17, 15) is 9.90 Å². The number of aliphatic hydroxyl groups excluding tert-OH is 1. The summed E-state index contributed by atoms with van der Waals surface area (Å²) in [6.45, 7) is 0.862. The quantitative estimate of drug-likeness (QED) is 0.540. The summed E-state index contributed by atoms with van der Waals surface area (Å²) in [5.41, 5.74) is 0. The van der Waals surface area contributed by atoms with E-state index in [-0.39, 0.29) is 18.1 Å². The largest absolute Gasteiger partial charge is 0.390 e. The maximum atomic E-state index is 11.2. The molecule has 2 aliphatic heterocycles. The van der Waals surface area contributed by atoms with Crippen LogP contribution in [0.2, 0.25) is 0 Å². The van der Waals surface area contributed by atoms with E-state index < -0.39 is 0 Å². The number of hydrogen-bond donors (Lipinski definition) is 1. The van der Waals surface area contributed by atoms with E-state index in [0.717, 1.165) is 25.8 Å². The van der Waals surface area contributed by atoms with Crippen LogP contribution in [0.3, 0.4) is 0 Å². The predicted octanol–water partition coefficient (Wildman–Crippen LogP) is 0.132. The Morgan fingerprint density at radius 3 is 3.00 bits per heavy atom. The van der Waals surface area contributed by atoms with E-state index in [1.165, 1.54) is 0 Å². The molecular formula is C8H13NO2. The van der Waals surface area contributed by atoms with E-state index in [4.69, 9.17) is 0 Å². The Morgan fingerprint density at radius 1 is 1.45 bits per heavy atom. The zero-order chi connectivity index (χ0) is 7.84. The third-order valence-corrected chi connectivity index (χ3v) is 2.70. The van der Waals surface area contributed by atoms with Gasteiger partial charge in [-0.1, -0.05) is 0 Å². The first-order valence-electron chi connectivity index (χ1n) is 4.26. The Hall–Kier alpha value is -0.570. The van der Waals surface area contributed by atoms with Gasteiger partial charge < -0.3 is 10.0 Å². The highest BCUT2D eigenvalue weighted by atomic mass is 16.3. The summed E-state index contributed by atoms with van der Waals surface area (Å²) < 4.78 is 0. The summed E-state index contributed by atoms with van der Waals surface area (Å²) in [5, 5.41) is 9.43. The molecule has 0 unspecified atom stereocenters. The van der Waals surface area contributed by atoms with Crippen molar-refractivity contribution in [1.82, 2.24) is 4.90 Å². The summed E-state index contributed by atoms with van der Waals surface area (Å²) >= 11 is 0. The first kappa shape index (κ1) is 7.10. The van der Waals surface area contributed by atoms with Crippen LogP contribution in [-0.4, -0.2) is 34.6 Å². The summed E-state index contributed by atoms with van der Waals surface area (Å²) in [5.74, 6) is 0.141. The number of amides is 1. The van der Waals surface area contributed by atoms with E-state index in [1.54, 1.807) is 0 Å². The number of hydrogen-bond acceptors (Lipinski definition) is 2. The smallest absolute Gasteiger partial charge is 0.225 e. The van der Waals surface area contributed by atoms with Crippen LogP contribution in [-0.2, 0) is 4.79 Å². The van der Waals surface area contributed by atoms with Crippen molar-refractivity contribution >= 4 is 5.91 Å². The minimum absolute atomic E-state index is 0.141. The fraction of sp³-hybridized carbons (Fsp3) is 0.875. The number of carbonyl (C=O) groups is 1. The molecule has 2 aliphatic rings. The minimum atomic E-state index is -0.386. The second kappa shape index (κ2) is 2.48. The second-order valence-corrected chi connectivity index (χ2v) is 3.42. The fourth-order valence-corrected chi connectivity index (χ4v) is 2.10. The van der Waals surface area contributed by atoms with Gasteiger partial charge in [0, 0.05) is 6.54 Å². The normalized spacial score (nSPS) is 37.5. The maximum Gasteiger partial charge on any atom is 0.225 e. The molecule has 1 N–H and O–H groups in total. The molecule has 0 aromatic rings. The molecule has 2 fully saturated rings. The third kappa shape index (κ3) is 1.03. The molecule has 2 heterocycles. The average molecular weight is 155 g/mol. The molecule has 0 radical (unpaired) electrons. The SMILES string of the molecule is O=C1C[C@@H](O)[C@@H]2CCCCN12. The van der Waals surface area contributed by atoms with Gasteiger partial charge in [-0.25, -0.2) is 0 Å². The summed E-state index contributed by atoms with van der Waals surface area (Å²) in [7, 11) is 0. The molecule has 0 bridgehead atoms. The fourth-order valence-electron chi connectivity index (χ4n) is 2.10. The first-order chi connectivity index (χ1) is 5.29. The molecule has 2 rings (SSSR count).